The summed E-state index contributed by atoms with van der Waals surface area (Å²) < 4.78 is 5.80. The molecule has 0 saturated carbocycles. The Bertz CT molecular complexity index is 659. The number of nitrogens with one attached hydrogen (secondary N) is 1. The summed E-state index contributed by atoms with van der Waals surface area (Å²) in [5.41, 5.74) is 3.53. The summed E-state index contributed by atoms with van der Waals surface area (Å²) in [7, 11) is 0. The number of ether oxygens (including phenoxy) is 1. The van der Waals surface area contributed by atoms with Gasteiger partial charge in [0.25, 0.3) is 0 Å². The van der Waals surface area contributed by atoms with Gasteiger partial charge in [0.15, 0.2) is 4.34 Å². The Morgan fingerprint density at radius 1 is 1.30 bits per heavy atom. The lowest BCUT2D eigenvalue weighted by molar-refractivity contribution is -0.143. The second-order valence-corrected chi connectivity index (χ2v) is 7.37. The summed E-state index contributed by atoms with van der Waals surface area (Å²) in [5.74, 6) is 0.694. The number of thioether (sulfide) groups is 1. The summed E-state index contributed by atoms with van der Waals surface area (Å²) in [4.78, 5) is 11.2. The summed E-state index contributed by atoms with van der Waals surface area (Å²) in [6, 6.07) is 6.22. The topological polar surface area (TPSA) is 64.1 Å². The Morgan fingerprint density at radius 2 is 2.13 bits per heavy atom. The zero-order chi connectivity index (χ0) is 16.7. The molecular formula is C16H21N3O2S2. The van der Waals surface area contributed by atoms with E-state index in [-0.39, 0.29) is 5.97 Å². The van der Waals surface area contributed by atoms with Gasteiger partial charge in [0.1, 0.15) is 0 Å². The normalized spacial score (nSPS) is 10.6. The quantitative estimate of drug-likeness (QED) is 0.434. The molecule has 0 spiro atoms. The van der Waals surface area contributed by atoms with E-state index in [1.165, 1.54) is 22.5 Å². The molecule has 0 amide bonds. The molecule has 0 radical (unpaired) electrons. The van der Waals surface area contributed by atoms with E-state index in [1.54, 1.807) is 11.8 Å². The number of anilines is 2. The minimum Gasteiger partial charge on any atom is -0.466 e. The Hall–Kier alpha value is -1.60. The maximum Gasteiger partial charge on any atom is 0.305 e. The highest BCUT2D eigenvalue weighted by Crippen LogP contribution is 2.28. The van der Waals surface area contributed by atoms with Gasteiger partial charge < -0.3 is 10.1 Å². The fraction of sp³-hybridized carbons (Fsp3) is 0.438. The summed E-state index contributed by atoms with van der Waals surface area (Å²) in [6.45, 7) is 6.44. The molecule has 0 unspecified atom stereocenters. The van der Waals surface area contributed by atoms with Crippen molar-refractivity contribution in [3.63, 3.8) is 0 Å². The van der Waals surface area contributed by atoms with Crippen molar-refractivity contribution in [3.05, 3.63) is 29.3 Å². The number of benzene rings is 1. The molecule has 1 aromatic heterocycles. The van der Waals surface area contributed by atoms with Crippen molar-refractivity contribution in [2.24, 2.45) is 0 Å². The van der Waals surface area contributed by atoms with Crippen LogP contribution in [0.25, 0.3) is 0 Å². The third-order valence-electron chi connectivity index (χ3n) is 3.22. The van der Waals surface area contributed by atoms with Gasteiger partial charge in [0.2, 0.25) is 5.13 Å². The van der Waals surface area contributed by atoms with E-state index in [9.17, 15) is 4.79 Å². The molecule has 7 heteroatoms. The molecule has 1 N–H and O–H groups in total. The maximum absolute atomic E-state index is 11.2. The maximum atomic E-state index is 11.2. The van der Waals surface area contributed by atoms with Crippen LogP contribution in [-0.2, 0) is 9.53 Å². The van der Waals surface area contributed by atoms with Gasteiger partial charge in [-0.1, -0.05) is 29.2 Å². The first-order chi connectivity index (χ1) is 11.1. The Kier molecular flexibility index (Phi) is 6.85. The molecule has 1 aromatic carbocycles. The molecule has 0 aliphatic carbocycles. The van der Waals surface area contributed by atoms with E-state index >= 15 is 0 Å². The third-order valence-corrected chi connectivity index (χ3v) is 5.28. The minimum atomic E-state index is -0.137. The lowest BCUT2D eigenvalue weighted by atomic mass is 10.1. The van der Waals surface area contributed by atoms with E-state index < -0.39 is 0 Å². The molecule has 23 heavy (non-hydrogen) atoms. The van der Waals surface area contributed by atoms with Crippen LogP contribution < -0.4 is 5.32 Å². The fourth-order valence-corrected chi connectivity index (χ4v) is 3.65. The highest BCUT2D eigenvalue weighted by atomic mass is 32.2. The summed E-state index contributed by atoms with van der Waals surface area (Å²) in [5, 5.41) is 12.4. The van der Waals surface area contributed by atoms with Crippen LogP contribution in [0.15, 0.2) is 22.5 Å². The van der Waals surface area contributed by atoms with Gasteiger partial charge in [0.05, 0.1) is 6.61 Å². The van der Waals surface area contributed by atoms with Crippen molar-refractivity contribution in [2.75, 3.05) is 17.7 Å². The average molecular weight is 351 g/mol. The van der Waals surface area contributed by atoms with Crippen LogP contribution in [0.4, 0.5) is 10.8 Å². The standard InChI is InChI=1S/C16H21N3O2S2/c1-4-21-14(20)6-5-9-22-16-19-18-15(23-16)17-13-8-7-11(2)12(3)10-13/h7-8,10H,4-6,9H2,1-3H3,(H,17,18). The monoisotopic (exact) mass is 351 g/mol. The van der Waals surface area contributed by atoms with Crippen LogP contribution in [0.1, 0.15) is 30.9 Å². The van der Waals surface area contributed by atoms with E-state index in [2.05, 4.69) is 41.5 Å². The van der Waals surface area contributed by atoms with Gasteiger partial charge in [-0.05, 0) is 50.5 Å². The molecule has 0 saturated heterocycles. The van der Waals surface area contributed by atoms with Crippen LogP contribution in [0.2, 0.25) is 0 Å². The molecular weight excluding hydrogens is 330 g/mol. The number of hydrogen-bond acceptors (Lipinski definition) is 7. The average Bonchev–Trinajstić information content (AvgIpc) is 2.95. The van der Waals surface area contributed by atoms with Gasteiger partial charge in [-0.15, -0.1) is 10.2 Å². The number of carbonyl (C=O) groups is 1. The second kappa shape index (κ2) is 8.88. The number of rotatable bonds is 8. The van der Waals surface area contributed by atoms with Gasteiger partial charge in [-0.3, -0.25) is 4.79 Å². The minimum absolute atomic E-state index is 0.137. The van der Waals surface area contributed by atoms with Crippen molar-refractivity contribution >= 4 is 39.9 Å². The largest absolute Gasteiger partial charge is 0.466 e. The van der Waals surface area contributed by atoms with Crippen molar-refractivity contribution in [3.8, 4) is 0 Å². The van der Waals surface area contributed by atoms with Gasteiger partial charge in [-0.2, -0.15) is 0 Å². The van der Waals surface area contributed by atoms with Crippen molar-refractivity contribution in [1.29, 1.82) is 0 Å². The van der Waals surface area contributed by atoms with E-state index in [0.717, 1.165) is 27.3 Å². The SMILES string of the molecule is CCOC(=O)CCCSc1nnc(Nc2ccc(C)c(C)c2)s1. The van der Waals surface area contributed by atoms with E-state index in [0.29, 0.717) is 13.0 Å². The molecule has 0 aliphatic heterocycles. The molecule has 2 rings (SSSR count). The Morgan fingerprint density at radius 3 is 2.87 bits per heavy atom. The van der Waals surface area contributed by atoms with Gasteiger partial charge >= 0.3 is 5.97 Å². The predicted octanol–water partition coefficient (Wildman–Crippen LogP) is 4.33. The first kappa shape index (κ1) is 17.7. The molecule has 0 aliphatic rings. The highest BCUT2D eigenvalue weighted by Gasteiger charge is 2.07. The van der Waals surface area contributed by atoms with E-state index in [1.807, 2.05) is 13.0 Å². The zero-order valence-electron chi connectivity index (χ0n) is 13.6. The van der Waals surface area contributed by atoms with Crippen LogP contribution in [0.3, 0.4) is 0 Å². The van der Waals surface area contributed by atoms with Crippen LogP contribution in [0, 0.1) is 13.8 Å². The van der Waals surface area contributed by atoms with Gasteiger partial charge in [0, 0.05) is 17.9 Å². The lowest BCUT2D eigenvalue weighted by Crippen LogP contribution is -2.03. The van der Waals surface area contributed by atoms with Crippen molar-refractivity contribution in [1.82, 2.24) is 10.2 Å². The second-order valence-electron chi connectivity index (χ2n) is 5.05. The number of hydrogen-bond donors (Lipinski definition) is 1. The third kappa shape index (κ3) is 5.84. The smallest absolute Gasteiger partial charge is 0.305 e. The number of esters is 1. The fourth-order valence-electron chi connectivity index (χ4n) is 1.87. The first-order valence-corrected chi connectivity index (χ1v) is 9.35. The van der Waals surface area contributed by atoms with Crippen LogP contribution >= 0.6 is 23.1 Å². The molecule has 2 aromatic rings. The molecule has 0 atom stereocenters. The Balaban J connectivity index is 1.79. The number of carbonyl (C=O) groups excluding carboxylic acids is 1. The van der Waals surface area contributed by atoms with Crippen LogP contribution in [-0.4, -0.2) is 28.5 Å². The molecule has 0 fully saturated rings. The highest BCUT2D eigenvalue weighted by molar-refractivity contribution is 8.01. The molecule has 5 nitrogen and oxygen atoms in total. The zero-order valence-corrected chi connectivity index (χ0v) is 15.2. The summed E-state index contributed by atoms with van der Waals surface area (Å²) in [6.07, 6.45) is 1.23. The number of aryl methyl sites for hydroxylation is 2. The Labute approximate surface area is 144 Å². The van der Waals surface area contributed by atoms with E-state index in [4.69, 9.17) is 4.74 Å². The number of aromatic nitrogens is 2. The molecule has 124 valence electrons. The molecule has 1 heterocycles. The first-order valence-electron chi connectivity index (χ1n) is 7.54. The van der Waals surface area contributed by atoms with Crippen molar-refractivity contribution in [2.45, 2.75) is 38.0 Å². The van der Waals surface area contributed by atoms with Crippen molar-refractivity contribution < 1.29 is 9.53 Å². The number of nitrogens with zero attached hydrogens (tertiary/aromatic N) is 2. The predicted molar refractivity (Wildman–Crippen MR) is 95.7 cm³/mol. The summed E-state index contributed by atoms with van der Waals surface area (Å²) >= 11 is 3.13. The van der Waals surface area contributed by atoms with Crippen LogP contribution in [0.5, 0.6) is 0 Å². The lowest BCUT2D eigenvalue weighted by Gasteiger charge is -2.05. The van der Waals surface area contributed by atoms with Gasteiger partial charge in [-0.25, -0.2) is 0 Å². The molecule has 0 bridgehead atoms.